The second-order valence-electron chi connectivity index (χ2n) is 4.63. The van der Waals surface area contributed by atoms with Crippen LogP contribution in [0.2, 0.25) is 0 Å². The molecule has 0 atom stereocenters. The standard InChI is InChI=1S/C12H21NO4/c1-17-9-7-12(5-2-3-6-12)11(16)13-8-4-10(14)15/h2-9H2,1H3,(H,13,16)(H,14,15). The molecule has 0 heterocycles. The number of amides is 1. The molecule has 0 radical (unpaired) electrons. The van der Waals surface area contributed by atoms with Gasteiger partial charge in [-0.25, -0.2) is 0 Å². The van der Waals surface area contributed by atoms with E-state index in [1.54, 1.807) is 7.11 Å². The van der Waals surface area contributed by atoms with Crippen LogP contribution in [-0.4, -0.2) is 37.2 Å². The van der Waals surface area contributed by atoms with Crippen molar-refractivity contribution in [2.24, 2.45) is 5.41 Å². The number of hydrogen-bond donors (Lipinski definition) is 2. The van der Waals surface area contributed by atoms with E-state index in [1.165, 1.54) is 0 Å². The van der Waals surface area contributed by atoms with Crippen LogP contribution in [0.3, 0.4) is 0 Å². The normalized spacial score (nSPS) is 17.9. The van der Waals surface area contributed by atoms with Crippen molar-refractivity contribution in [2.75, 3.05) is 20.3 Å². The molecule has 1 amide bonds. The summed E-state index contributed by atoms with van der Waals surface area (Å²) in [5.41, 5.74) is -0.325. The number of ether oxygens (including phenoxy) is 1. The number of nitrogens with one attached hydrogen (secondary N) is 1. The summed E-state index contributed by atoms with van der Waals surface area (Å²) in [5, 5.41) is 11.3. The molecule has 0 aromatic carbocycles. The van der Waals surface area contributed by atoms with Crippen LogP contribution >= 0.6 is 0 Å². The molecule has 0 unspecified atom stereocenters. The van der Waals surface area contributed by atoms with Crippen molar-refractivity contribution in [1.29, 1.82) is 0 Å². The van der Waals surface area contributed by atoms with E-state index in [9.17, 15) is 9.59 Å². The molecule has 17 heavy (non-hydrogen) atoms. The molecule has 5 nitrogen and oxygen atoms in total. The molecule has 0 aromatic rings. The number of aliphatic carboxylic acids is 1. The molecule has 1 saturated carbocycles. The summed E-state index contributed by atoms with van der Waals surface area (Å²) in [6.07, 6.45) is 4.60. The quantitative estimate of drug-likeness (QED) is 0.704. The van der Waals surface area contributed by atoms with E-state index < -0.39 is 5.97 Å². The van der Waals surface area contributed by atoms with E-state index in [4.69, 9.17) is 9.84 Å². The van der Waals surface area contributed by atoms with E-state index >= 15 is 0 Å². The van der Waals surface area contributed by atoms with Gasteiger partial charge >= 0.3 is 5.97 Å². The van der Waals surface area contributed by atoms with Gasteiger partial charge in [0.05, 0.1) is 11.8 Å². The van der Waals surface area contributed by atoms with Crippen molar-refractivity contribution in [3.05, 3.63) is 0 Å². The van der Waals surface area contributed by atoms with Crippen LogP contribution < -0.4 is 5.32 Å². The molecule has 0 spiro atoms. The Morgan fingerprint density at radius 1 is 1.35 bits per heavy atom. The number of hydrogen-bond acceptors (Lipinski definition) is 3. The topological polar surface area (TPSA) is 75.6 Å². The number of carboxylic acid groups (broad SMARTS) is 1. The Morgan fingerprint density at radius 3 is 2.53 bits per heavy atom. The van der Waals surface area contributed by atoms with Crippen LogP contribution in [0.5, 0.6) is 0 Å². The number of carbonyl (C=O) groups is 2. The molecule has 1 fully saturated rings. The summed E-state index contributed by atoms with van der Waals surface area (Å²) in [6, 6.07) is 0. The molecule has 1 aliphatic carbocycles. The van der Waals surface area contributed by atoms with Gasteiger partial charge in [0, 0.05) is 20.3 Å². The fourth-order valence-corrected chi connectivity index (χ4v) is 2.41. The maximum atomic E-state index is 12.1. The highest BCUT2D eigenvalue weighted by atomic mass is 16.5. The van der Waals surface area contributed by atoms with Gasteiger partial charge in [-0.1, -0.05) is 12.8 Å². The highest BCUT2D eigenvalue weighted by Crippen LogP contribution is 2.41. The van der Waals surface area contributed by atoms with Crippen molar-refractivity contribution >= 4 is 11.9 Å². The molecule has 2 N–H and O–H groups in total. The lowest BCUT2D eigenvalue weighted by Gasteiger charge is -2.27. The largest absolute Gasteiger partial charge is 0.481 e. The Bertz CT molecular complexity index is 272. The van der Waals surface area contributed by atoms with Crippen molar-refractivity contribution in [3.8, 4) is 0 Å². The van der Waals surface area contributed by atoms with Crippen LogP contribution in [0, 0.1) is 5.41 Å². The molecular weight excluding hydrogens is 222 g/mol. The molecule has 0 aliphatic heterocycles. The zero-order chi connectivity index (χ0) is 12.7. The first-order valence-electron chi connectivity index (χ1n) is 6.10. The third-order valence-corrected chi connectivity index (χ3v) is 3.45. The van der Waals surface area contributed by atoms with Gasteiger partial charge in [0.15, 0.2) is 0 Å². The van der Waals surface area contributed by atoms with Crippen molar-refractivity contribution in [1.82, 2.24) is 5.32 Å². The lowest BCUT2D eigenvalue weighted by atomic mass is 9.82. The third-order valence-electron chi connectivity index (χ3n) is 3.45. The van der Waals surface area contributed by atoms with Crippen molar-refractivity contribution in [2.45, 2.75) is 38.5 Å². The Kier molecular flexibility index (Phi) is 5.41. The number of methoxy groups -OCH3 is 1. The predicted octanol–water partition coefficient (Wildman–Crippen LogP) is 1.17. The molecule has 0 aromatic heterocycles. The predicted molar refractivity (Wildman–Crippen MR) is 62.7 cm³/mol. The van der Waals surface area contributed by atoms with Gasteiger partial charge in [-0.2, -0.15) is 0 Å². The van der Waals surface area contributed by atoms with Crippen LogP contribution in [0.1, 0.15) is 38.5 Å². The summed E-state index contributed by atoms with van der Waals surface area (Å²) >= 11 is 0. The summed E-state index contributed by atoms with van der Waals surface area (Å²) in [6.45, 7) is 0.787. The van der Waals surface area contributed by atoms with E-state index in [0.29, 0.717) is 6.61 Å². The first-order valence-corrected chi connectivity index (χ1v) is 6.10. The highest BCUT2D eigenvalue weighted by Gasteiger charge is 2.40. The first-order chi connectivity index (χ1) is 8.10. The Morgan fingerprint density at radius 2 is 2.00 bits per heavy atom. The van der Waals surface area contributed by atoms with Gasteiger partial charge in [-0.3, -0.25) is 9.59 Å². The summed E-state index contributed by atoms with van der Waals surface area (Å²) in [7, 11) is 1.63. The van der Waals surface area contributed by atoms with E-state index in [2.05, 4.69) is 5.32 Å². The summed E-state index contributed by atoms with van der Waals surface area (Å²) in [5.74, 6) is -0.893. The number of carbonyl (C=O) groups excluding carboxylic acids is 1. The Balaban J connectivity index is 2.46. The third kappa shape index (κ3) is 4.00. The minimum atomic E-state index is -0.886. The SMILES string of the molecule is COCCC1(C(=O)NCCC(=O)O)CCCC1. The van der Waals surface area contributed by atoms with Crippen molar-refractivity contribution in [3.63, 3.8) is 0 Å². The summed E-state index contributed by atoms with van der Waals surface area (Å²) < 4.78 is 5.05. The van der Waals surface area contributed by atoms with Crippen molar-refractivity contribution < 1.29 is 19.4 Å². The lowest BCUT2D eigenvalue weighted by Crippen LogP contribution is -2.40. The maximum Gasteiger partial charge on any atom is 0.305 e. The fourth-order valence-electron chi connectivity index (χ4n) is 2.41. The molecule has 1 aliphatic rings. The van der Waals surface area contributed by atoms with Crippen LogP contribution in [0.4, 0.5) is 0 Å². The zero-order valence-corrected chi connectivity index (χ0v) is 10.3. The zero-order valence-electron chi connectivity index (χ0n) is 10.3. The molecule has 5 heteroatoms. The minimum absolute atomic E-state index is 0.00620. The summed E-state index contributed by atoms with van der Waals surface area (Å²) in [4.78, 5) is 22.5. The molecule has 98 valence electrons. The number of carboxylic acids is 1. The smallest absolute Gasteiger partial charge is 0.305 e. The Hall–Kier alpha value is -1.10. The second kappa shape index (κ2) is 6.59. The molecule has 1 rings (SSSR count). The Labute approximate surface area is 102 Å². The monoisotopic (exact) mass is 243 g/mol. The van der Waals surface area contributed by atoms with Crippen LogP contribution in [0.25, 0.3) is 0 Å². The van der Waals surface area contributed by atoms with Gasteiger partial charge in [-0.05, 0) is 19.3 Å². The van der Waals surface area contributed by atoms with Gasteiger partial charge in [0.1, 0.15) is 0 Å². The molecule has 0 bridgehead atoms. The van der Waals surface area contributed by atoms with E-state index in [0.717, 1.165) is 32.1 Å². The van der Waals surface area contributed by atoms with Gasteiger partial charge in [-0.15, -0.1) is 0 Å². The average molecular weight is 243 g/mol. The van der Waals surface area contributed by atoms with Crippen LogP contribution in [0.15, 0.2) is 0 Å². The second-order valence-corrected chi connectivity index (χ2v) is 4.63. The van der Waals surface area contributed by atoms with Gasteiger partial charge in [0.25, 0.3) is 0 Å². The highest BCUT2D eigenvalue weighted by molar-refractivity contribution is 5.83. The van der Waals surface area contributed by atoms with Gasteiger partial charge < -0.3 is 15.2 Å². The van der Waals surface area contributed by atoms with Crippen LogP contribution in [-0.2, 0) is 14.3 Å². The number of rotatable bonds is 7. The fraction of sp³-hybridized carbons (Fsp3) is 0.833. The lowest BCUT2D eigenvalue weighted by molar-refractivity contribution is -0.137. The maximum absolute atomic E-state index is 12.1. The van der Waals surface area contributed by atoms with E-state index in [1.807, 2.05) is 0 Å². The molecule has 0 saturated heterocycles. The molecular formula is C12H21NO4. The average Bonchev–Trinajstić information content (AvgIpc) is 2.75. The minimum Gasteiger partial charge on any atom is -0.481 e. The first kappa shape index (κ1) is 14.0. The van der Waals surface area contributed by atoms with Gasteiger partial charge in [0.2, 0.25) is 5.91 Å². The van der Waals surface area contributed by atoms with E-state index in [-0.39, 0.29) is 24.3 Å².